The van der Waals surface area contributed by atoms with E-state index in [2.05, 4.69) is 4.98 Å². The molecule has 2 aromatic heterocycles. The van der Waals surface area contributed by atoms with E-state index in [-0.39, 0.29) is 29.6 Å². The number of hydrogen-bond acceptors (Lipinski definition) is 5. The van der Waals surface area contributed by atoms with Crippen LogP contribution < -0.4 is 4.90 Å². The van der Waals surface area contributed by atoms with Crippen LogP contribution in [0.2, 0.25) is 0 Å². The minimum absolute atomic E-state index is 0.112. The summed E-state index contributed by atoms with van der Waals surface area (Å²) in [6.45, 7) is 0.821. The minimum atomic E-state index is -0.655. The lowest BCUT2D eigenvalue weighted by atomic mass is 9.98. The maximum Gasteiger partial charge on any atom is 0.422 e. The third-order valence-corrected chi connectivity index (χ3v) is 6.34. The average molecular weight is 446 g/mol. The molecule has 0 bridgehead atoms. The molecule has 3 aliphatic rings. The van der Waals surface area contributed by atoms with Gasteiger partial charge in [-0.1, -0.05) is 0 Å². The number of aromatic nitrogens is 3. The second-order valence-electron chi connectivity index (χ2n) is 8.94. The highest BCUT2D eigenvalue weighted by Crippen LogP contribution is 2.39. The number of halogens is 1. The zero-order valence-electron chi connectivity index (χ0n) is 18.0. The first kappa shape index (κ1) is 20.1. The average Bonchev–Trinajstić information content (AvgIpc) is 3.73. The number of imide groups is 1. The molecular formula is C25H23FN4O3. The summed E-state index contributed by atoms with van der Waals surface area (Å²) in [5.74, 6) is -0.457. The molecule has 2 fully saturated rings. The van der Waals surface area contributed by atoms with Crippen molar-refractivity contribution < 1.29 is 18.7 Å². The fourth-order valence-corrected chi connectivity index (χ4v) is 4.33. The molecule has 0 N–H and O–H groups in total. The molecule has 168 valence electrons. The van der Waals surface area contributed by atoms with E-state index in [1.54, 1.807) is 24.4 Å². The van der Waals surface area contributed by atoms with E-state index >= 15 is 0 Å². The van der Waals surface area contributed by atoms with Crippen molar-refractivity contribution in [3.8, 4) is 22.4 Å². The summed E-state index contributed by atoms with van der Waals surface area (Å²) < 4.78 is 21.0. The van der Waals surface area contributed by atoms with Gasteiger partial charge in [-0.05, 0) is 80.5 Å². The maximum atomic E-state index is 13.5. The van der Waals surface area contributed by atoms with Crippen molar-refractivity contribution in [1.29, 1.82) is 0 Å². The van der Waals surface area contributed by atoms with Crippen molar-refractivity contribution in [1.82, 2.24) is 14.8 Å². The summed E-state index contributed by atoms with van der Waals surface area (Å²) in [7, 11) is 0. The normalized spacial score (nSPS) is 17.0. The number of nitrogens with zero attached hydrogens (tertiary/aromatic N) is 4. The number of hydrogen-bond donors (Lipinski definition) is 0. The number of pyridine rings is 1. The highest BCUT2D eigenvalue weighted by atomic mass is 19.1. The van der Waals surface area contributed by atoms with Gasteiger partial charge in [0.05, 0.1) is 0 Å². The number of amides is 2. The van der Waals surface area contributed by atoms with Gasteiger partial charge in [-0.15, -0.1) is 0 Å². The van der Waals surface area contributed by atoms with Gasteiger partial charge >= 0.3 is 6.09 Å². The molecule has 2 amide bonds. The van der Waals surface area contributed by atoms with Crippen molar-refractivity contribution in [2.24, 2.45) is 5.92 Å². The van der Waals surface area contributed by atoms with Crippen LogP contribution in [0.15, 0.2) is 42.6 Å². The van der Waals surface area contributed by atoms with E-state index in [0.29, 0.717) is 0 Å². The second-order valence-corrected chi connectivity index (χ2v) is 8.94. The molecule has 6 rings (SSSR count). The molecule has 33 heavy (non-hydrogen) atoms. The third-order valence-electron chi connectivity index (χ3n) is 6.34. The molecule has 0 unspecified atom stereocenters. The fourth-order valence-electron chi connectivity index (χ4n) is 4.33. The van der Waals surface area contributed by atoms with Gasteiger partial charge in [-0.3, -0.25) is 9.48 Å². The van der Waals surface area contributed by atoms with Crippen LogP contribution >= 0.6 is 0 Å². The quantitative estimate of drug-likeness (QED) is 0.566. The number of carbonyl (C=O) groups excluding carboxylic acids is 2. The standard InChI is InChI=1S/C25H23FN4O3/c26-18-7-5-15(6-8-18)23-22(20-2-1-13-29(20)28-23)17-11-12-27-21(14-17)30(24(31)16-3-4-16)25(32)33-19-9-10-19/h5-8,11-12,14,16,19H,1-4,9-10,13H2. The Kier molecular flexibility index (Phi) is 4.74. The first-order valence-electron chi connectivity index (χ1n) is 11.4. The lowest BCUT2D eigenvalue weighted by molar-refractivity contribution is -0.119. The van der Waals surface area contributed by atoms with E-state index in [0.717, 1.165) is 78.0 Å². The smallest absolute Gasteiger partial charge is 0.422 e. The van der Waals surface area contributed by atoms with E-state index in [1.165, 1.54) is 12.1 Å². The Morgan fingerprint density at radius 3 is 2.58 bits per heavy atom. The van der Waals surface area contributed by atoms with E-state index in [4.69, 9.17) is 9.84 Å². The maximum absolute atomic E-state index is 13.5. The van der Waals surface area contributed by atoms with Crippen LogP contribution in [-0.2, 0) is 22.5 Å². The molecular weight excluding hydrogens is 423 g/mol. The van der Waals surface area contributed by atoms with Crippen molar-refractivity contribution >= 4 is 17.8 Å². The van der Waals surface area contributed by atoms with E-state index < -0.39 is 6.09 Å². The van der Waals surface area contributed by atoms with Crippen LogP contribution in [0.1, 0.15) is 37.8 Å². The number of anilines is 1. The van der Waals surface area contributed by atoms with Crippen LogP contribution in [0.4, 0.5) is 15.0 Å². The predicted molar refractivity (Wildman–Crippen MR) is 119 cm³/mol. The van der Waals surface area contributed by atoms with Gasteiger partial charge in [0.1, 0.15) is 23.4 Å². The van der Waals surface area contributed by atoms with Crippen LogP contribution in [0.3, 0.4) is 0 Å². The number of carbonyl (C=O) groups is 2. The molecule has 1 aromatic carbocycles. The summed E-state index contributed by atoms with van der Waals surface area (Å²) >= 11 is 0. The van der Waals surface area contributed by atoms with Gasteiger partial charge in [0.2, 0.25) is 5.91 Å². The molecule has 0 atom stereocenters. The molecule has 2 aliphatic carbocycles. The summed E-state index contributed by atoms with van der Waals surface area (Å²) in [6, 6.07) is 9.90. The number of aryl methyl sites for hydroxylation is 1. The highest BCUT2D eigenvalue weighted by molar-refractivity contribution is 6.13. The SMILES string of the molecule is O=C(OC1CC1)N(C(=O)C1CC1)c1cc(-c2c(-c3ccc(F)cc3)nn3c2CCC3)ccn1. The molecule has 2 saturated carbocycles. The Labute approximate surface area is 190 Å². The zero-order valence-corrected chi connectivity index (χ0v) is 18.0. The monoisotopic (exact) mass is 446 g/mol. The molecule has 3 heterocycles. The van der Waals surface area contributed by atoms with Crippen LogP contribution in [-0.4, -0.2) is 32.9 Å². The number of fused-ring (bicyclic) bond motifs is 1. The van der Waals surface area contributed by atoms with Crippen molar-refractivity contribution in [2.45, 2.75) is 51.2 Å². The zero-order chi connectivity index (χ0) is 22.5. The van der Waals surface area contributed by atoms with Gasteiger partial charge in [-0.25, -0.2) is 14.2 Å². The third kappa shape index (κ3) is 3.79. The lowest BCUT2D eigenvalue weighted by Gasteiger charge is -2.20. The summed E-state index contributed by atoms with van der Waals surface area (Å²) in [4.78, 5) is 31.3. The van der Waals surface area contributed by atoms with Crippen LogP contribution in [0, 0.1) is 11.7 Å². The Morgan fingerprint density at radius 1 is 1.06 bits per heavy atom. The highest BCUT2D eigenvalue weighted by Gasteiger charge is 2.40. The predicted octanol–water partition coefficient (Wildman–Crippen LogP) is 4.74. The first-order chi connectivity index (χ1) is 16.1. The number of ether oxygens (including phenoxy) is 1. The molecule has 7 nitrogen and oxygen atoms in total. The van der Waals surface area contributed by atoms with Crippen LogP contribution in [0.25, 0.3) is 22.4 Å². The van der Waals surface area contributed by atoms with E-state index in [9.17, 15) is 14.0 Å². The Balaban J connectivity index is 1.43. The second kappa shape index (κ2) is 7.79. The number of rotatable bonds is 5. The van der Waals surface area contributed by atoms with Gasteiger partial charge in [-0.2, -0.15) is 10.00 Å². The van der Waals surface area contributed by atoms with Crippen LogP contribution in [0.5, 0.6) is 0 Å². The fraction of sp³-hybridized carbons (Fsp3) is 0.360. The van der Waals surface area contributed by atoms with Crippen molar-refractivity contribution in [3.05, 3.63) is 54.1 Å². The van der Waals surface area contributed by atoms with Gasteiger partial charge in [0, 0.05) is 35.5 Å². The Bertz CT molecular complexity index is 1250. The summed E-state index contributed by atoms with van der Waals surface area (Å²) in [5, 5.41) is 4.80. The largest absolute Gasteiger partial charge is 0.445 e. The molecule has 8 heteroatoms. The summed E-state index contributed by atoms with van der Waals surface area (Å²) in [6.07, 6.45) is 5.91. The lowest BCUT2D eigenvalue weighted by Crippen LogP contribution is -2.39. The van der Waals surface area contributed by atoms with E-state index in [1.807, 2.05) is 10.7 Å². The van der Waals surface area contributed by atoms with Crippen molar-refractivity contribution in [3.63, 3.8) is 0 Å². The van der Waals surface area contributed by atoms with Crippen molar-refractivity contribution in [2.75, 3.05) is 4.90 Å². The molecule has 0 saturated heterocycles. The first-order valence-corrected chi connectivity index (χ1v) is 11.4. The number of benzene rings is 1. The summed E-state index contributed by atoms with van der Waals surface area (Å²) in [5.41, 5.74) is 4.40. The van der Waals surface area contributed by atoms with Gasteiger partial charge in [0.25, 0.3) is 0 Å². The topological polar surface area (TPSA) is 77.3 Å². The Hall–Kier alpha value is -3.55. The van der Waals surface area contributed by atoms with Gasteiger partial charge < -0.3 is 4.74 Å². The minimum Gasteiger partial charge on any atom is -0.445 e. The van der Waals surface area contributed by atoms with Gasteiger partial charge in [0.15, 0.2) is 0 Å². The molecule has 0 radical (unpaired) electrons. The molecule has 0 spiro atoms. The molecule has 3 aromatic rings. The molecule has 1 aliphatic heterocycles. The Morgan fingerprint density at radius 2 is 1.85 bits per heavy atom.